The summed E-state index contributed by atoms with van der Waals surface area (Å²) in [5, 5.41) is 10.7. The zero-order valence-electron chi connectivity index (χ0n) is 14.2. The van der Waals surface area contributed by atoms with Crippen molar-refractivity contribution in [3.05, 3.63) is 0 Å². The largest absolute Gasteiger partial charge is 0.314 e. The fraction of sp³-hybridized carbons (Fsp3) is 1.00. The lowest BCUT2D eigenvalue weighted by Crippen LogP contribution is -2.19. The van der Waals surface area contributed by atoms with Crippen molar-refractivity contribution in [1.82, 2.24) is 5.06 Å². The third-order valence-electron chi connectivity index (χ3n) is 4.13. The van der Waals surface area contributed by atoms with Crippen LogP contribution in [0.25, 0.3) is 0 Å². The molecule has 0 saturated heterocycles. The molecule has 2 heteroatoms. The first kappa shape index (κ1) is 19.9. The molecule has 0 bridgehead atoms. The summed E-state index contributed by atoms with van der Waals surface area (Å²) in [5.41, 5.74) is 0. The van der Waals surface area contributed by atoms with Crippen molar-refractivity contribution in [3.8, 4) is 0 Å². The minimum Gasteiger partial charge on any atom is -0.314 e. The molecule has 0 saturated carbocycles. The van der Waals surface area contributed by atoms with Gasteiger partial charge < -0.3 is 5.21 Å². The highest BCUT2D eigenvalue weighted by Crippen LogP contribution is 2.12. The maximum atomic E-state index is 9.28. The van der Waals surface area contributed by atoms with Gasteiger partial charge in [-0.15, -0.1) is 0 Å². The molecule has 0 spiro atoms. The van der Waals surface area contributed by atoms with Crippen LogP contribution in [0.4, 0.5) is 0 Å². The van der Waals surface area contributed by atoms with E-state index < -0.39 is 0 Å². The third-order valence-corrected chi connectivity index (χ3v) is 4.13. The van der Waals surface area contributed by atoms with E-state index in [4.69, 9.17) is 0 Å². The van der Waals surface area contributed by atoms with Crippen LogP contribution in [0.3, 0.4) is 0 Å². The molecule has 0 aliphatic carbocycles. The van der Waals surface area contributed by atoms with Gasteiger partial charge in [0, 0.05) is 13.1 Å². The van der Waals surface area contributed by atoms with Crippen molar-refractivity contribution >= 4 is 0 Å². The highest BCUT2D eigenvalue weighted by molar-refractivity contribution is 4.50. The second kappa shape index (κ2) is 17.0. The Morgan fingerprint density at radius 3 is 1.25 bits per heavy atom. The summed E-state index contributed by atoms with van der Waals surface area (Å²) in [6.07, 6.45) is 19.4. The number of rotatable bonds is 16. The minimum atomic E-state index is 0.748. The fourth-order valence-electron chi connectivity index (χ4n) is 2.65. The molecule has 0 rings (SSSR count). The fourth-order valence-corrected chi connectivity index (χ4v) is 2.65. The normalized spacial score (nSPS) is 11.4. The molecule has 2 nitrogen and oxygen atoms in total. The summed E-state index contributed by atoms with van der Waals surface area (Å²) in [6, 6.07) is 0. The van der Waals surface area contributed by atoms with Gasteiger partial charge in [0.25, 0.3) is 0 Å². The predicted molar refractivity (Wildman–Crippen MR) is 89.3 cm³/mol. The van der Waals surface area contributed by atoms with E-state index in [1.165, 1.54) is 88.5 Å². The van der Waals surface area contributed by atoms with Crippen LogP contribution in [0.1, 0.15) is 104 Å². The highest BCUT2D eigenvalue weighted by atomic mass is 16.5. The summed E-state index contributed by atoms with van der Waals surface area (Å²) >= 11 is 0. The van der Waals surface area contributed by atoms with Crippen LogP contribution in [0.5, 0.6) is 0 Å². The standard InChI is InChI=1S/C18H39NO/c1-3-5-6-7-8-9-10-11-12-13-14-15-16-17-18-19(20)4-2/h20H,3-18H2,1-2H3. The van der Waals surface area contributed by atoms with E-state index in [-0.39, 0.29) is 0 Å². The van der Waals surface area contributed by atoms with Crippen LogP contribution in [0.2, 0.25) is 0 Å². The first-order valence-corrected chi connectivity index (χ1v) is 9.25. The van der Waals surface area contributed by atoms with E-state index in [1.807, 2.05) is 6.92 Å². The van der Waals surface area contributed by atoms with Gasteiger partial charge in [0.2, 0.25) is 0 Å². The number of hydrogen-bond donors (Lipinski definition) is 1. The molecule has 0 amide bonds. The molecule has 0 fully saturated rings. The van der Waals surface area contributed by atoms with E-state index in [1.54, 1.807) is 0 Å². The van der Waals surface area contributed by atoms with Gasteiger partial charge in [-0.3, -0.25) is 0 Å². The van der Waals surface area contributed by atoms with Crippen LogP contribution in [-0.4, -0.2) is 23.4 Å². The zero-order chi connectivity index (χ0) is 14.9. The Bertz CT molecular complexity index is 173. The third kappa shape index (κ3) is 16.0. The lowest BCUT2D eigenvalue weighted by Gasteiger charge is -2.10. The number of hydrogen-bond acceptors (Lipinski definition) is 2. The zero-order valence-corrected chi connectivity index (χ0v) is 14.2. The number of unbranched alkanes of at least 4 members (excludes halogenated alkanes) is 13. The predicted octanol–water partition coefficient (Wildman–Crippen LogP) is 6.18. The SMILES string of the molecule is CCCCCCCCCCCCCCCCN(O)CC. The highest BCUT2D eigenvalue weighted by Gasteiger charge is 1.96. The average Bonchev–Trinajstić information content (AvgIpc) is 2.47. The quantitative estimate of drug-likeness (QED) is 0.270. The maximum absolute atomic E-state index is 9.28. The van der Waals surface area contributed by atoms with Crippen LogP contribution in [-0.2, 0) is 0 Å². The van der Waals surface area contributed by atoms with Gasteiger partial charge >= 0.3 is 0 Å². The summed E-state index contributed by atoms with van der Waals surface area (Å²) in [6.45, 7) is 5.86. The van der Waals surface area contributed by atoms with Gasteiger partial charge in [-0.1, -0.05) is 97.3 Å². The van der Waals surface area contributed by atoms with Crippen molar-refractivity contribution in [1.29, 1.82) is 0 Å². The summed E-state index contributed by atoms with van der Waals surface area (Å²) in [5.74, 6) is 0. The van der Waals surface area contributed by atoms with Gasteiger partial charge in [-0.05, 0) is 6.42 Å². The Kier molecular flexibility index (Phi) is 16.9. The Labute approximate surface area is 127 Å². The van der Waals surface area contributed by atoms with Gasteiger partial charge in [-0.25, -0.2) is 0 Å². The molecule has 122 valence electrons. The molecule has 0 unspecified atom stereocenters. The number of nitrogens with zero attached hydrogens (tertiary/aromatic N) is 1. The van der Waals surface area contributed by atoms with Crippen LogP contribution >= 0.6 is 0 Å². The second-order valence-electron chi connectivity index (χ2n) is 6.14. The van der Waals surface area contributed by atoms with E-state index in [0.717, 1.165) is 19.5 Å². The van der Waals surface area contributed by atoms with E-state index >= 15 is 0 Å². The van der Waals surface area contributed by atoms with Crippen LogP contribution in [0.15, 0.2) is 0 Å². The second-order valence-corrected chi connectivity index (χ2v) is 6.14. The lowest BCUT2D eigenvalue weighted by atomic mass is 10.0. The lowest BCUT2D eigenvalue weighted by molar-refractivity contribution is -0.0869. The molecule has 0 radical (unpaired) electrons. The van der Waals surface area contributed by atoms with Crippen molar-refractivity contribution < 1.29 is 5.21 Å². The molecular formula is C18H39NO. The maximum Gasteiger partial charge on any atom is 0.0238 e. The molecule has 0 heterocycles. The molecule has 1 N–H and O–H groups in total. The summed E-state index contributed by atoms with van der Waals surface area (Å²) in [7, 11) is 0. The van der Waals surface area contributed by atoms with E-state index in [9.17, 15) is 5.21 Å². The average molecular weight is 286 g/mol. The van der Waals surface area contributed by atoms with Crippen molar-refractivity contribution in [2.75, 3.05) is 13.1 Å². The molecule has 0 aliphatic rings. The first-order valence-electron chi connectivity index (χ1n) is 9.25. The first-order chi connectivity index (χ1) is 9.81. The van der Waals surface area contributed by atoms with Gasteiger partial charge in [0.15, 0.2) is 0 Å². The Hall–Kier alpha value is -0.0800. The molecule has 0 aromatic rings. The minimum absolute atomic E-state index is 0.748. The molecule has 0 atom stereocenters. The summed E-state index contributed by atoms with van der Waals surface area (Å²) < 4.78 is 0. The molecule has 0 aromatic heterocycles. The topological polar surface area (TPSA) is 23.5 Å². The smallest absolute Gasteiger partial charge is 0.0238 e. The molecule has 0 aliphatic heterocycles. The number of hydroxylamine groups is 2. The Morgan fingerprint density at radius 2 is 0.900 bits per heavy atom. The van der Waals surface area contributed by atoms with Crippen molar-refractivity contribution in [2.45, 2.75) is 104 Å². The van der Waals surface area contributed by atoms with Crippen LogP contribution in [0, 0.1) is 0 Å². The van der Waals surface area contributed by atoms with Crippen LogP contribution < -0.4 is 0 Å². The molecule has 0 aromatic carbocycles. The van der Waals surface area contributed by atoms with E-state index in [2.05, 4.69) is 6.92 Å². The van der Waals surface area contributed by atoms with Gasteiger partial charge in [0.05, 0.1) is 0 Å². The molecular weight excluding hydrogens is 246 g/mol. The van der Waals surface area contributed by atoms with E-state index in [0.29, 0.717) is 0 Å². The van der Waals surface area contributed by atoms with Gasteiger partial charge in [0.1, 0.15) is 0 Å². The Balaban J connectivity index is 2.96. The monoisotopic (exact) mass is 285 g/mol. The van der Waals surface area contributed by atoms with Gasteiger partial charge in [-0.2, -0.15) is 5.06 Å². The summed E-state index contributed by atoms with van der Waals surface area (Å²) in [4.78, 5) is 0. The van der Waals surface area contributed by atoms with Crippen molar-refractivity contribution in [3.63, 3.8) is 0 Å². The Morgan fingerprint density at radius 1 is 0.550 bits per heavy atom. The molecule has 20 heavy (non-hydrogen) atoms. The van der Waals surface area contributed by atoms with Crippen molar-refractivity contribution in [2.24, 2.45) is 0 Å².